The van der Waals surface area contributed by atoms with Crippen molar-refractivity contribution in [3.8, 4) is 0 Å². The number of nitrogens with one attached hydrogen (secondary N) is 2. The van der Waals surface area contributed by atoms with Crippen molar-refractivity contribution in [1.82, 2.24) is 25.4 Å². The molecule has 1 aromatic carbocycles. The molecule has 0 aliphatic heterocycles. The molecule has 0 aliphatic rings. The van der Waals surface area contributed by atoms with Crippen LogP contribution in [0, 0.1) is 6.92 Å². The monoisotopic (exact) mass is 390 g/mol. The van der Waals surface area contributed by atoms with E-state index in [4.69, 9.17) is 0 Å². The van der Waals surface area contributed by atoms with E-state index >= 15 is 0 Å². The molecular weight excluding hydrogens is 364 g/mol. The summed E-state index contributed by atoms with van der Waals surface area (Å²) in [4.78, 5) is 4.85. The van der Waals surface area contributed by atoms with Crippen LogP contribution in [0.1, 0.15) is 17.2 Å². The zero-order valence-electron chi connectivity index (χ0n) is 15.9. The molecule has 0 saturated heterocycles. The Morgan fingerprint density at radius 1 is 1.26 bits per heavy atom. The lowest BCUT2D eigenvalue weighted by Gasteiger charge is -2.11. The van der Waals surface area contributed by atoms with Gasteiger partial charge in [-0.3, -0.25) is 0 Å². The summed E-state index contributed by atoms with van der Waals surface area (Å²) in [6.07, 6.45) is 3.70. The SMILES string of the molecule is C=CCNC(=NCc1nnc(C)n1C)NCCc1ccc(S(C)(=O)=O)cc1. The van der Waals surface area contributed by atoms with Crippen LogP contribution in [-0.2, 0) is 29.9 Å². The number of benzene rings is 1. The van der Waals surface area contributed by atoms with Crippen LogP contribution in [0.4, 0.5) is 0 Å². The Morgan fingerprint density at radius 2 is 1.96 bits per heavy atom. The van der Waals surface area contributed by atoms with Crippen LogP contribution in [0.5, 0.6) is 0 Å². The normalized spacial score (nSPS) is 12.0. The molecule has 2 rings (SSSR count). The summed E-state index contributed by atoms with van der Waals surface area (Å²) < 4.78 is 24.9. The van der Waals surface area contributed by atoms with Crippen LogP contribution >= 0.6 is 0 Å². The fourth-order valence-corrected chi connectivity index (χ4v) is 2.94. The molecule has 2 aromatic rings. The molecule has 0 aliphatic carbocycles. The minimum atomic E-state index is -3.17. The third-order valence-corrected chi connectivity index (χ3v) is 5.16. The minimum Gasteiger partial charge on any atom is -0.356 e. The van der Waals surface area contributed by atoms with E-state index in [1.54, 1.807) is 18.2 Å². The smallest absolute Gasteiger partial charge is 0.191 e. The maximum absolute atomic E-state index is 11.5. The number of aromatic nitrogens is 3. The highest BCUT2D eigenvalue weighted by Gasteiger charge is 2.07. The second kappa shape index (κ2) is 9.31. The second-order valence-corrected chi connectivity index (χ2v) is 8.17. The Hall–Kier alpha value is -2.68. The molecule has 0 unspecified atom stereocenters. The Labute approximate surface area is 160 Å². The maximum Gasteiger partial charge on any atom is 0.191 e. The van der Waals surface area contributed by atoms with E-state index in [2.05, 4.69) is 32.4 Å². The van der Waals surface area contributed by atoms with Crippen LogP contribution in [0.25, 0.3) is 0 Å². The molecule has 146 valence electrons. The van der Waals surface area contributed by atoms with Crippen LogP contribution in [-0.4, -0.2) is 48.5 Å². The van der Waals surface area contributed by atoms with Crippen molar-refractivity contribution >= 4 is 15.8 Å². The van der Waals surface area contributed by atoms with E-state index in [1.807, 2.05) is 30.7 Å². The number of sulfone groups is 1. The quantitative estimate of drug-likeness (QED) is 0.396. The zero-order chi connectivity index (χ0) is 19.9. The maximum atomic E-state index is 11.5. The highest BCUT2D eigenvalue weighted by molar-refractivity contribution is 7.90. The van der Waals surface area contributed by atoms with Crippen LogP contribution in [0.2, 0.25) is 0 Å². The van der Waals surface area contributed by atoms with E-state index in [1.165, 1.54) is 6.26 Å². The van der Waals surface area contributed by atoms with E-state index < -0.39 is 9.84 Å². The topological polar surface area (TPSA) is 101 Å². The molecule has 0 saturated carbocycles. The zero-order valence-corrected chi connectivity index (χ0v) is 16.8. The largest absolute Gasteiger partial charge is 0.356 e. The molecule has 0 amide bonds. The van der Waals surface area contributed by atoms with Gasteiger partial charge in [0.15, 0.2) is 21.6 Å². The average molecular weight is 391 g/mol. The first-order valence-corrected chi connectivity index (χ1v) is 10.5. The number of hydrogen-bond acceptors (Lipinski definition) is 5. The summed E-state index contributed by atoms with van der Waals surface area (Å²) in [5.41, 5.74) is 1.04. The van der Waals surface area contributed by atoms with Crippen molar-refractivity contribution in [1.29, 1.82) is 0 Å². The highest BCUT2D eigenvalue weighted by Crippen LogP contribution is 2.10. The van der Waals surface area contributed by atoms with Gasteiger partial charge in [-0.15, -0.1) is 16.8 Å². The van der Waals surface area contributed by atoms with Gasteiger partial charge in [-0.05, 0) is 31.0 Å². The first kappa shape index (κ1) is 20.6. The van der Waals surface area contributed by atoms with Crippen molar-refractivity contribution in [3.05, 3.63) is 54.1 Å². The van der Waals surface area contributed by atoms with Crippen molar-refractivity contribution in [2.45, 2.75) is 24.8 Å². The number of nitrogens with zero attached hydrogens (tertiary/aromatic N) is 4. The number of aryl methyl sites for hydroxylation is 1. The molecular formula is C18H26N6O2S. The molecule has 9 heteroatoms. The van der Waals surface area contributed by atoms with Gasteiger partial charge in [0, 0.05) is 26.4 Å². The third-order valence-electron chi connectivity index (χ3n) is 4.03. The first-order chi connectivity index (χ1) is 12.8. The van der Waals surface area contributed by atoms with Gasteiger partial charge >= 0.3 is 0 Å². The second-order valence-electron chi connectivity index (χ2n) is 6.15. The van der Waals surface area contributed by atoms with E-state index in [-0.39, 0.29) is 0 Å². The standard InChI is InChI=1S/C18H26N6O2S/c1-5-11-19-18(21-13-17-23-22-14(2)24(17)3)20-12-10-15-6-8-16(9-7-15)27(4,25)26/h5-9H,1,10-13H2,2-4H3,(H2,19,20,21). The molecule has 0 fully saturated rings. The lowest BCUT2D eigenvalue weighted by molar-refractivity contribution is 0.602. The lowest BCUT2D eigenvalue weighted by Crippen LogP contribution is -2.38. The van der Waals surface area contributed by atoms with Gasteiger partial charge in [0.05, 0.1) is 4.90 Å². The first-order valence-electron chi connectivity index (χ1n) is 8.58. The average Bonchev–Trinajstić information content (AvgIpc) is 2.95. The number of rotatable bonds is 8. The molecule has 0 atom stereocenters. The molecule has 1 heterocycles. The van der Waals surface area contributed by atoms with Gasteiger partial charge in [0.2, 0.25) is 0 Å². The Morgan fingerprint density at radius 3 is 2.52 bits per heavy atom. The molecule has 2 N–H and O–H groups in total. The molecule has 8 nitrogen and oxygen atoms in total. The molecule has 27 heavy (non-hydrogen) atoms. The minimum absolute atomic E-state index is 0.327. The molecule has 0 bridgehead atoms. The van der Waals surface area contributed by atoms with Crippen molar-refractivity contribution in [2.24, 2.45) is 12.0 Å². The van der Waals surface area contributed by atoms with E-state index in [0.29, 0.717) is 30.5 Å². The third kappa shape index (κ3) is 6.21. The molecule has 0 radical (unpaired) electrons. The van der Waals surface area contributed by atoms with Gasteiger partial charge < -0.3 is 15.2 Å². The predicted molar refractivity (Wildman–Crippen MR) is 106 cm³/mol. The Bertz CT molecular complexity index is 900. The number of guanidine groups is 1. The fraction of sp³-hybridized carbons (Fsp3) is 0.389. The summed E-state index contributed by atoms with van der Waals surface area (Å²) in [6.45, 7) is 7.25. The van der Waals surface area contributed by atoms with Crippen molar-refractivity contribution in [3.63, 3.8) is 0 Å². The van der Waals surface area contributed by atoms with Crippen LogP contribution in [0.3, 0.4) is 0 Å². The highest BCUT2D eigenvalue weighted by atomic mass is 32.2. The van der Waals surface area contributed by atoms with Crippen LogP contribution in [0.15, 0.2) is 46.8 Å². The predicted octanol–water partition coefficient (Wildman–Crippen LogP) is 0.991. The van der Waals surface area contributed by atoms with Gasteiger partial charge in [-0.25, -0.2) is 13.4 Å². The van der Waals surface area contributed by atoms with Crippen molar-refractivity contribution in [2.75, 3.05) is 19.3 Å². The summed E-state index contributed by atoms with van der Waals surface area (Å²) in [7, 11) is -1.26. The van der Waals surface area contributed by atoms with Crippen molar-refractivity contribution < 1.29 is 8.42 Å². The Kier molecular flexibility index (Phi) is 7.12. The Balaban J connectivity index is 1.94. The summed E-state index contributed by atoms with van der Waals surface area (Å²) in [5.74, 6) is 2.28. The summed E-state index contributed by atoms with van der Waals surface area (Å²) in [5, 5.41) is 14.6. The van der Waals surface area contributed by atoms with E-state index in [0.717, 1.165) is 23.6 Å². The fourth-order valence-electron chi connectivity index (χ4n) is 2.31. The van der Waals surface area contributed by atoms with Crippen LogP contribution < -0.4 is 10.6 Å². The molecule has 1 aromatic heterocycles. The van der Waals surface area contributed by atoms with Gasteiger partial charge in [-0.2, -0.15) is 0 Å². The molecule has 0 spiro atoms. The van der Waals surface area contributed by atoms with Gasteiger partial charge in [0.25, 0.3) is 0 Å². The summed E-state index contributed by atoms with van der Waals surface area (Å²) >= 11 is 0. The number of hydrogen-bond donors (Lipinski definition) is 2. The van der Waals surface area contributed by atoms with E-state index in [9.17, 15) is 8.42 Å². The number of aliphatic imine (C=N–C) groups is 1. The lowest BCUT2D eigenvalue weighted by atomic mass is 10.1. The van der Waals surface area contributed by atoms with Gasteiger partial charge in [-0.1, -0.05) is 18.2 Å². The van der Waals surface area contributed by atoms with Gasteiger partial charge in [0.1, 0.15) is 12.4 Å². The summed E-state index contributed by atoms with van der Waals surface area (Å²) in [6, 6.07) is 6.92.